The molecule has 2 N–H and O–H groups in total. The van der Waals surface area contributed by atoms with Gasteiger partial charge < -0.3 is 5.11 Å². The second-order valence-corrected chi connectivity index (χ2v) is 5.08. The highest BCUT2D eigenvalue weighted by atomic mass is 16.3. The first-order valence-corrected chi connectivity index (χ1v) is 6.63. The van der Waals surface area contributed by atoms with Crippen LogP contribution in [0.4, 0.5) is 0 Å². The molecule has 4 atom stereocenters. The van der Waals surface area contributed by atoms with E-state index in [1.54, 1.807) is 0 Å². The lowest BCUT2D eigenvalue weighted by atomic mass is 9.70. The van der Waals surface area contributed by atoms with Crippen LogP contribution >= 0.6 is 0 Å². The highest BCUT2D eigenvalue weighted by Crippen LogP contribution is 2.37. The Labute approximate surface area is 94.5 Å². The van der Waals surface area contributed by atoms with Gasteiger partial charge in [0.25, 0.3) is 0 Å². The summed E-state index contributed by atoms with van der Waals surface area (Å²) >= 11 is 0. The molecule has 2 nitrogen and oxygen atoms in total. The molecule has 0 aliphatic heterocycles. The number of hydrogen-bond donors (Lipinski definition) is 2. The van der Waals surface area contributed by atoms with Gasteiger partial charge >= 0.3 is 0 Å². The highest BCUT2D eigenvalue weighted by Gasteiger charge is 2.33. The molecule has 0 aromatic carbocycles. The van der Waals surface area contributed by atoms with Crippen molar-refractivity contribution in [2.45, 2.75) is 71.6 Å². The summed E-state index contributed by atoms with van der Waals surface area (Å²) in [6, 6.07) is 0.542. The maximum Gasteiger partial charge on any atom is 0.105 e. The van der Waals surface area contributed by atoms with Crippen molar-refractivity contribution < 1.29 is 5.11 Å². The lowest BCUT2D eigenvalue weighted by Crippen LogP contribution is -2.47. The molecule has 1 aliphatic rings. The zero-order chi connectivity index (χ0) is 11.3. The first kappa shape index (κ1) is 13.0. The number of hydrogen-bond acceptors (Lipinski definition) is 2. The number of rotatable bonds is 7. The summed E-state index contributed by atoms with van der Waals surface area (Å²) in [6.07, 6.45) is 6.76. The van der Waals surface area contributed by atoms with Crippen molar-refractivity contribution in [3.63, 3.8) is 0 Å². The quantitative estimate of drug-likeness (QED) is 0.637. The second-order valence-electron chi connectivity index (χ2n) is 5.08. The minimum absolute atomic E-state index is 0.292. The molecule has 0 aromatic heterocycles. The molecule has 1 fully saturated rings. The zero-order valence-electron chi connectivity index (χ0n) is 10.5. The molecule has 0 amide bonds. The normalized spacial score (nSPS) is 29.6. The molecule has 90 valence electrons. The predicted octanol–water partition coefficient (Wildman–Crippen LogP) is 2.91. The van der Waals surface area contributed by atoms with Gasteiger partial charge in [0.15, 0.2) is 0 Å². The lowest BCUT2D eigenvalue weighted by Gasteiger charge is -2.41. The maximum absolute atomic E-state index is 9.79. The van der Waals surface area contributed by atoms with E-state index in [-0.39, 0.29) is 6.23 Å². The Balaban J connectivity index is 2.35. The van der Waals surface area contributed by atoms with Crippen molar-refractivity contribution in [3.05, 3.63) is 0 Å². The van der Waals surface area contributed by atoms with Crippen molar-refractivity contribution >= 4 is 0 Å². The fraction of sp³-hybridized carbons (Fsp3) is 1.00. The van der Waals surface area contributed by atoms with Gasteiger partial charge in [0.1, 0.15) is 6.23 Å². The molecular formula is C13H27NO. The third-order valence-electron chi connectivity index (χ3n) is 3.77. The molecular weight excluding hydrogens is 186 g/mol. The predicted molar refractivity (Wildman–Crippen MR) is 64.6 cm³/mol. The van der Waals surface area contributed by atoms with E-state index in [1.807, 2.05) is 0 Å². The fourth-order valence-electron chi connectivity index (χ4n) is 2.63. The molecule has 1 rings (SSSR count). The Hall–Kier alpha value is -0.0800. The molecule has 0 saturated heterocycles. The molecule has 0 aromatic rings. The number of nitrogens with one attached hydrogen (secondary N) is 1. The molecule has 0 bridgehead atoms. The van der Waals surface area contributed by atoms with Crippen molar-refractivity contribution in [3.8, 4) is 0 Å². The molecule has 1 aliphatic carbocycles. The van der Waals surface area contributed by atoms with Gasteiger partial charge in [-0.3, -0.25) is 5.32 Å². The van der Waals surface area contributed by atoms with Crippen molar-refractivity contribution in [2.24, 2.45) is 11.8 Å². The van der Waals surface area contributed by atoms with Gasteiger partial charge in [0.05, 0.1) is 0 Å². The maximum atomic E-state index is 9.79. The molecule has 0 radical (unpaired) electrons. The zero-order valence-corrected chi connectivity index (χ0v) is 10.5. The Morgan fingerprint density at radius 3 is 2.27 bits per heavy atom. The van der Waals surface area contributed by atoms with Crippen LogP contribution in [0.25, 0.3) is 0 Å². The summed E-state index contributed by atoms with van der Waals surface area (Å²) in [4.78, 5) is 0. The molecule has 4 unspecified atom stereocenters. The van der Waals surface area contributed by atoms with Crippen molar-refractivity contribution in [1.82, 2.24) is 5.32 Å². The summed E-state index contributed by atoms with van der Waals surface area (Å²) in [5.74, 6) is 1.65. The molecule has 1 saturated carbocycles. The lowest BCUT2D eigenvalue weighted by molar-refractivity contribution is 0.0594. The van der Waals surface area contributed by atoms with E-state index < -0.39 is 0 Å². The fourth-order valence-corrected chi connectivity index (χ4v) is 2.63. The van der Waals surface area contributed by atoms with Crippen LogP contribution in [0.1, 0.15) is 59.3 Å². The minimum Gasteiger partial charge on any atom is -0.379 e. The largest absolute Gasteiger partial charge is 0.379 e. The standard InChI is InChI=1S/C13H27NO/c1-4-6-12(11-9-8-10(11)3)14-13(15)7-5-2/h10-15H,4-9H2,1-3H3. The van der Waals surface area contributed by atoms with Gasteiger partial charge in [0, 0.05) is 6.04 Å². The van der Waals surface area contributed by atoms with Crippen molar-refractivity contribution in [1.29, 1.82) is 0 Å². The summed E-state index contributed by atoms with van der Waals surface area (Å²) < 4.78 is 0. The van der Waals surface area contributed by atoms with E-state index in [0.717, 1.165) is 24.7 Å². The Morgan fingerprint density at radius 1 is 1.20 bits per heavy atom. The average molecular weight is 213 g/mol. The van der Waals surface area contributed by atoms with E-state index in [1.165, 1.54) is 25.7 Å². The third kappa shape index (κ3) is 3.76. The summed E-state index contributed by atoms with van der Waals surface area (Å²) in [7, 11) is 0. The van der Waals surface area contributed by atoms with Crippen LogP contribution in [0.2, 0.25) is 0 Å². The first-order valence-electron chi connectivity index (χ1n) is 6.63. The van der Waals surface area contributed by atoms with Gasteiger partial charge in [-0.2, -0.15) is 0 Å². The monoisotopic (exact) mass is 213 g/mol. The third-order valence-corrected chi connectivity index (χ3v) is 3.77. The molecule has 0 spiro atoms. The SMILES string of the molecule is CCCC(O)NC(CCC)C1CCC1C. The van der Waals surface area contributed by atoms with Gasteiger partial charge in [-0.05, 0) is 31.1 Å². The Kier molecular flexibility index (Phi) is 5.62. The molecule has 15 heavy (non-hydrogen) atoms. The van der Waals surface area contributed by atoms with Gasteiger partial charge in [-0.15, -0.1) is 0 Å². The van der Waals surface area contributed by atoms with Crippen LogP contribution in [0.15, 0.2) is 0 Å². The van der Waals surface area contributed by atoms with Crippen LogP contribution in [0.3, 0.4) is 0 Å². The Bertz CT molecular complexity index is 172. The summed E-state index contributed by atoms with van der Waals surface area (Å²) in [5, 5.41) is 13.2. The topological polar surface area (TPSA) is 32.3 Å². The van der Waals surface area contributed by atoms with E-state index in [9.17, 15) is 5.11 Å². The van der Waals surface area contributed by atoms with Crippen LogP contribution in [-0.4, -0.2) is 17.4 Å². The minimum atomic E-state index is -0.292. The van der Waals surface area contributed by atoms with E-state index >= 15 is 0 Å². The van der Waals surface area contributed by atoms with Crippen LogP contribution < -0.4 is 5.32 Å². The van der Waals surface area contributed by atoms with E-state index in [2.05, 4.69) is 26.1 Å². The smallest absolute Gasteiger partial charge is 0.105 e. The van der Waals surface area contributed by atoms with Crippen molar-refractivity contribution in [2.75, 3.05) is 0 Å². The summed E-state index contributed by atoms with van der Waals surface area (Å²) in [5.41, 5.74) is 0. The highest BCUT2D eigenvalue weighted by molar-refractivity contribution is 4.87. The molecule has 0 heterocycles. The van der Waals surface area contributed by atoms with E-state index in [4.69, 9.17) is 0 Å². The second kappa shape index (κ2) is 6.49. The van der Waals surface area contributed by atoms with Gasteiger partial charge in [-0.1, -0.05) is 40.0 Å². The van der Waals surface area contributed by atoms with E-state index in [0.29, 0.717) is 6.04 Å². The molecule has 2 heteroatoms. The van der Waals surface area contributed by atoms with Crippen LogP contribution in [0.5, 0.6) is 0 Å². The van der Waals surface area contributed by atoms with Crippen LogP contribution in [0, 0.1) is 11.8 Å². The van der Waals surface area contributed by atoms with Gasteiger partial charge in [0.2, 0.25) is 0 Å². The van der Waals surface area contributed by atoms with Crippen LogP contribution in [-0.2, 0) is 0 Å². The summed E-state index contributed by atoms with van der Waals surface area (Å²) in [6.45, 7) is 6.68. The number of aliphatic hydroxyl groups excluding tert-OH is 1. The average Bonchev–Trinajstić information content (AvgIpc) is 2.16. The van der Waals surface area contributed by atoms with Gasteiger partial charge in [-0.25, -0.2) is 0 Å². The first-order chi connectivity index (χ1) is 7.19. The number of aliphatic hydroxyl groups is 1. The Morgan fingerprint density at radius 2 is 1.87 bits per heavy atom.